The van der Waals surface area contributed by atoms with Crippen molar-refractivity contribution in [3.8, 4) is 0 Å². The summed E-state index contributed by atoms with van der Waals surface area (Å²) in [5.74, 6) is -0.827. The van der Waals surface area contributed by atoms with Gasteiger partial charge in [-0.3, -0.25) is 9.69 Å². The number of carbonyl (C=O) groups is 1. The maximum atomic E-state index is 11.0. The number of hydrogen-bond donors (Lipinski definition) is 1. The van der Waals surface area contributed by atoms with Gasteiger partial charge in [-0.05, 0) is 62.5 Å². The molecule has 0 radical (unpaired) electrons. The van der Waals surface area contributed by atoms with Gasteiger partial charge in [0.25, 0.3) is 0 Å². The molecule has 1 saturated heterocycles. The number of nitrogens with zero attached hydrogens (tertiary/aromatic N) is 1. The van der Waals surface area contributed by atoms with Crippen molar-refractivity contribution < 1.29 is 9.90 Å². The Bertz CT molecular complexity index is 441. The molecule has 3 nitrogen and oxygen atoms in total. The predicted octanol–water partition coefficient (Wildman–Crippen LogP) is 3.34. The highest BCUT2D eigenvalue weighted by atomic mass is 35.5. The maximum absolute atomic E-state index is 11.0. The van der Waals surface area contributed by atoms with E-state index in [0.717, 1.165) is 43.9 Å². The van der Waals surface area contributed by atoms with E-state index >= 15 is 0 Å². The molecule has 19 heavy (non-hydrogen) atoms. The molecule has 1 aromatic rings. The Morgan fingerprint density at radius 3 is 2.84 bits per heavy atom. The molecule has 104 valence electrons. The lowest BCUT2D eigenvalue weighted by Crippen LogP contribution is -2.25. The second-order valence-electron chi connectivity index (χ2n) is 5.38. The van der Waals surface area contributed by atoms with E-state index in [1.165, 1.54) is 11.1 Å². The molecule has 1 N–H and O–H groups in total. The number of carboxylic acids is 1. The first kappa shape index (κ1) is 14.4. The van der Waals surface area contributed by atoms with Crippen LogP contribution in [0, 0.1) is 12.8 Å². The van der Waals surface area contributed by atoms with Gasteiger partial charge in [-0.15, -0.1) is 0 Å². The van der Waals surface area contributed by atoms with Gasteiger partial charge in [0.05, 0.1) is 5.92 Å². The molecular weight excluding hydrogens is 262 g/mol. The zero-order valence-electron chi connectivity index (χ0n) is 11.2. The smallest absolute Gasteiger partial charge is 0.306 e. The second kappa shape index (κ2) is 6.40. The van der Waals surface area contributed by atoms with E-state index in [-0.39, 0.29) is 5.92 Å². The zero-order chi connectivity index (χ0) is 13.8. The zero-order valence-corrected chi connectivity index (χ0v) is 12.0. The first-order valence-electron chi connectivity index (χ1n) is 6.76. The number of hydrogen-bond acceptors (Lipinski definition) is 2. The predicted molar refractivity (Wildman–Crippen MR) is 76.4 cm³/mol. The van der Waals surface area contributed by atoms with Gasteiger partial charge >= 0.3 is 5.97 Å². The third-order valence-corrected chi connectivity index (χ3v) is 3.90. The van der Waals surface area contributed by atoms with Crippen LogP contribution in [0.25, 0.3) is 0 Å². The third-order valence-electron chi connectivity index (χ3n) is 3.68. The Balaban J connectivity index is 1.97. The Morgan fingerprint density at radius 2 is 2.16 bits per heavy atom. The Hall–Kier alpha value is -1.06. The van der Waals surface area contributed by atoms with E-state index in [9.17, 15) is 4.79 Å². The van der Waals surface area contributed by atoms with Crippen molar-refractivity contribution >= 4 is 17.6 Å². The molecule has 1 atom stereocenters. The summed E-state index contributed by atoms with van der Waals surface area (Å²) >= 11 is 6.07. The highest BCUT2D eigenvalue weighted by Crippen LogP contribution is 2.21. The first-order chi connectivity index (χ1) is 9.04. The van der Waals surface area contributed by atoms with Crippen molar-refractivity contribution in [1.29, 1.82) is 0 Å². The van der Waals surface area contributed by atoms with Gasteiger partial charge in [0.15, 0.2) is 0 Å². The van der Waals surface area contributed by atoms with Crippen LogP contribution < -0.4 is 0 Å². The van der Waals surface area contributed by atoms with E-state index in [0.29, 0.717) is 0 Å². The lowest BCUT2D eigenvalue weighted by atomic mass is 10.0. The molecule has 0 bridgehead atoms. The summed E-state index contributed by atoms with van der Waals surface area (Å²) in [5.41, 5.74) is 2.37. The molecule has 0 spiro atoms. The number of likely N-dealkylation sites (tertiary alicyclic amines) is 1. The normalized spacial score (nSPS) is 21.1. The number of halogens is 1. The number of carboxylic acid groups (broad SMARTS) is 1. The van der Waals surface area contributed by atoms with Crippen LogP contribution >= 0.6 is 11.6 Å². The summed E-state index contributed by atoms with van der Waals surface area (Å²) in [6.07, 6.45) is 2.49. The Labute approximate surface area is 119 Å². The highest BCUT2D eigenvalue weighted by molar-refractivity contribution is 6.30. The molecular formula is C15H20ClNO2. The van der Waals surface area contributed by atoms with E-state index in [1.807, 2.05) is 19.1 Å². The lowest BCUT2D eigenvalue weighted by molar-refractivity contribution is -0.142. The minimum absolute atomic E-state index is 0.175. The first-order valence-corrected chi connectivity index (χ1v) is 7.13. The van der Waals surface area contributed by atoms with Crippen molar-refractivity contribution in [1.82, 2.24) is 4.90 Å². The van der Waals surface area contributed by atoms with Gasteiger partial charge in [-0.2, -0.15) is 0 Å². The molecule has 1 aliphatic heterocycles. The molecule has 1 aliphatic rings. The third kappa shape index (κ3) is 4.22. The van der Waals surface area contributed by atoms with Crippen LogP contribution in [0.15, 0.2) is 18.2 Å². The van der Waals surface area contributed by atoms with Crippen LogP contribution in [0.1, 0.15) is 30.4 Å². The minimum atomic E-state index is -0.652. The molecule has 0 amide bonds. The largest absolute Gasteiger partial charge is 0.481 e. The van der Waals surface area contributed by atoms with Gasteiger partial charge in [0, 0.05) is 11.6 Å². The molecule has 0 saturated carbocycles. The van der Waals surface area contributed by atoms with Crippen molar-refractivity contribution in [2.24, 2.45) is 5.92 Å². The monoisotopic (exact) mass is 281 g/mol. The minimum Gasteiger partial charge on any atom is -0.481 e. The number of aliphatic carboxylic acids is 1. The average Bonchev–Trinajstić information content (AvgIpc) is 2.53. The standard InChI is InChI=1S/C15H20ClNO2/c1-11-7-12(9-14(16)8-11)10-17-5-2-3-13(4-6-17)15(18)19/h7-9,13H,2-6,10H2,1H3,(H,18,19). The number of rotatable bonds is 3. The summed E-state index contributed by atoms with van der Waals surface area (Å²) < 4.78 is 0. The van der Waals surface area contributed by atoms with Gasteiger partial charge in [-0.1, -0.05) is 17.7 Å². The van der Waals surface area contributed by atoms with Crippen LogP contribution in [-0.4, -0.2) is 29.1 Å². The van der Waals surface area contributed by atoms with Crippen LogP contribution in [-0.2, 0) is 11.3 Å². The second-order valence-corrected chi connectivity index (χ2v) is 5.82. The highest BCUT2D eigenvalue weighted by Gasteiger charge is 2.22. The molecule has 1 unspecified atom stereocenters. The molecule has 1 fully saturated rings. The fraction of sp³-hybridized carbons (Fsp3) is 0.533. The fourth-order valence-electron chi connectivity index (χ4n) is 2.72. The van der Waals surface area contributed by atoms with Gasteiger partial charge in [-0.25, -0.2) is 0 Å². The molecule has 0 aromatic heterocycles. The van der Waals surface area contributed by atoms with Crippen molar-refractivity contribution in [3.63, 3.8) is 0 Å². The van der Waals surface area contributed by atoms with Crippen molar-refractivity contribution in [2.45, 2.75) is 32.7 Å². The number of benzene rings is 1. The van der Waals surface area contributed by atoms with Crippen LogP contribution in [0.3, 0.4) is 0 Å². The van der Waals surface area contributed by atoms with Crippen LogP contribution in [0.4, 0.5) is 0 Å². The molecule has 2 rings (SSSR count). The average molecular weight is 282 g/mol. The maximum Gasteiger partial charge on any atom is 0.306 e. The van der Waals surface area contributed by atoms with Crippen molar-refractivity contribution in [2.75, 3.05) is 13.1 Å². The summed E-state index contributed by atoms with van der Waals surface area (Å²) in [7, 11) is 0. The molecule has 1 aromatic carbocycles. The quantitative estimate of drug-likeness (QED) is 0.924. The SMILES string of the molecule is Cc1cc(Cl)cc(CN2CCCC(C(=O)O)CC2)c1. The van der Waals surface area contributed by atoms with E-state index in [4.69, 9.17) is 16.7 Å². The molecule has 4 heteroatoms. The van der Waals surface area contributed by atoms with E-state index < -0.39 is 5.97 Å². The van der Waals surface area contributed by atoms with Gasteiger partial charge < -0.3 is 5.11 Å². The van der Waals surface area contributed by atoms with Gasteiger partial charge in [0.2, 0.25) is 0 Å². The number of aryl methyl sites for hydroxylation is 1. The summed E-state index contributed by atoms with van der Waals surface area (Å²) in [5, 5.41) is 9.85. The Kier molecular flexibility index (Phi) is 4.83. The lowest BCUT2D eigenvalue weighted by Gasteiger charge is -2.20. The van der Waals surface area contributed by atoms with Crippen molar-refractivity contribution in [3.05, 3.63) is 34.3 Å². The summed E-state index contributed by atoms with van der Waals surface area (Å²) in [4.78, 5) is 13.4. The van der Waals surface area contributed by atoms with Gasteiger partial charge in [0.1, 0.15) is 0 Å². The Morgan fingerprint density at radius 1 is 1.37 bits per heavy atom. The topological polar surface area (TPSA) is 40.5 Å². The molecule has 1 heterocycles. The summed E-state index contributed by atoms with van der Waals surface area (Å²) in [6.45, 7) is 4.71. The van der Waals surface area contributed by atoms with Crippen LogP contribution in [0.2, 0.25) is 5.02 Å². The van der Waals surface area contributed by atoms with E-state index in [1.54, 1.807) is 0 Å². The molecule has 0 aliphatic carbocycles. The fourth-order valence-corrected chi connectivity index (χ4v) is 3.03. The van der Waals surface area contributed by atoms with E-state index in [2.05, 4.69) is 11.0 Å². The van der Waals surface area contributed by atoms with Crippen LogP contribution in [0.5, 0.6) is 0 Å². The summed E-state index contributed by atoms with van der Waals surface area (Å²) in [6, 6.07) is 6.09.